The Morgan fingerprint density at radius 1 is 1.00 bits per heavy atom. The molecule has 0 bridgehead atoms. The molecule has 1 spiro atoms. The zero-order valence-corrected chi connectivity index (χ0v) is 15.6. The number of hydrogen-bond acceptors (Lipinski definition) is 4. The molecule has 2 fully saturated rings. The van der Waals surface area contributed by atoms with Crippen molar-refractivity contribution in [1.29, 1.82) is 0 Å². The summed E-state index contributed by atoms with van der Waals surface area (Å²) in [5, 5.41) is 5.78. The average molecular weight is 380 g/mol. The Bertz CT molecular complexity index is 820. The van der Waals surface area contributed by atoms with Crippen LogP contribution in [0.1, 0.15) is 25.7 Å². The molecule has 2 saturated heterocycles. The molecule has 7 nitrogen and oxygen atoms in total. The van der Waals surface area contributed by atoms with Gasteiger partial charge in [0.25, 0.3) is 5.91 Å². The zero-order valence-electron chi connectivity index (χ0n) is 15.6. The van der Waals surface area contributed by atoms with Crippen molar-refractivity contribution in [3.05, 3.63) is 54.9 Å². The van der Waals surface area contributed by atoms with Gasteiger partial charge in [-0.1, -0.05) is 18.2 Å². The topological polar surface area (TPSA) is 83.6 Å². The average Bonchev–Trinajstić information content (AvgIpc) is 3.14. The van der Waals surface area contributed by atoms with E-state index in [4.69, 9.17) is 4.74 Å². The summed E-state index contributed by atoms with van der Waals surface area (Å²) < 4.78 is 6.18. The molecule has 0 unspecified atom stereocenters. The zero-order chi connectivity index (χ0) is 19.4. The Labute approximate surface area is 164 Å². The van der Waals surface area contributed by atoms with E-state index < -0.39 is 6.10 Å². The first-order valence-electron chi connectivity index (χ1n) is 9.63. The normalized spacial score (nSPS) is 20.7. The standard InChI is InChI=1S/C21H24N4O3/c26-19(23-17-7-4-12-22-15-17)18-8-9-21(28-18)10-13-25(14-11-21)20(27)24-16-5-2-1-3-6-16/h1-7,12,15,18H,8-11,13-14H2,(H,23,26)(H,24,27)/t18-/m0/s1. The number of hydrogen-bond donors (Lipinski definition) is 2. The third kappa shape index (κ3) is 4.14. The van der Waals surface area contributed by atoms with Gasteiger partial charge >= 0.3 is 6.03 Å². The molecular weight excluding hydrogens is 356 g/mol. The molecule has 2 aromatic rings. The highest BCUT2D eigenvalue weighted by Crippen LogP contribution is 2.39. The SMILES string of the molecule is O=C(Nc1cccnc1)[C@@H]1CCC2(CCN(C(=O)Nc3ccccc3)CC2)O1. The van der Waals surface area contributed by atoms with Crippen LogP contribution in [-0.2, 0) is 9.53 Å². The molecule has 2 aliphatic rings. The Morgan fingerprint density at radius 2 is 1.75 bits per heavy atom. The second kappa shape index (κ2) is 7.98. The van der Waals surface area contributed by atoms with Crippen molar-refractivity contribution >= 4 is 23.3 Å². The first-order valence-corrected chi connectivity index (χ1v) is 9.63. The smallest absolute Gasteiger partial charge is 0.321 e. The predicted octanol–water partition coefficient (Wildman–Crippen LogP) is 3.27. The lowest BCUT2D eigenvalue weighted by molar-refractivity contribution is -0.134. The third-order valence-corrected chi connectivity index (χ3v) is 5.46. The van der Waals surface area contributed by atoms with Gasteiger partial charge in [-0.15, -0.1) is 0 Å². The molecule has 1 aromatic carbocycles. The number of amides is 3. The van der Waals surface area contributed by atoms with Crippen LogP contribution in [0.4, 0.5) is 16.2 Å². The number of anilines is 2. The van der Waals surface area contributed by atoms with E-state index in [1.807, 2.05) is 35.2 Å². The minimum atomic E-state index is -0.454. The van der Waals surface area contributed by atoms with Crippen molar-refractivity contribution in [2.75, 3.05) is 23.7 Å². The fourth-order valence-corrected chi connectivity index (χ4v) is 3.87. The van der Waals surface area contributed by atoms with Crippen LogP contribution in [0.2, 0.25) is 0 Å². The van der Waals surface area contributed by atoms with Crippen LogP contribution in [0.15, 0.2) is 54.9 Å². The molecule has 2 aliphatic heterocycles. The Balaban J connectivity index is 1.28. The number of nitrogens with one attached hydrogen (secondary N) is 2. The fourth-order valence-electron chi connectivity index (χ4n) is 3.87. The second-order valence-electron chi connectivity index (χ2n) is 7.34. The van der Waals surface area contributed by atoms with E-state index in [1.165, 1.54) is 0 Å². The largest absolute Gasteiger partial charge is 0.362 e. The Kier molecular flexibility index (Phi) is 5.25. The minimum Gasteiger partial charge on any atom is -0.362 e. The minimum absolute atomic E-state index is 0.0927. The quantitative estimate of drug-likeness (QED) is 0.856. The number of benzene rings is 1. The summed E-state index contributed by atoms with van der Waals surface area (Å²) >= 11 is 0. The first-order chi connectivity index (χ1) is 13.6. The lowest BCUT2D eigenvalue weighted by atomic mass is 9.88. The number of piperidine rings is 1. The van der Waals surface area contributed by atoms with Crippen molar-refractivity contribution in [3.63, 3.8) is 0 Å². The van der Waals surface area contributed by atoms with Gasteiger partial charge in [0.05, 0.1) is 17.5 Å². The van der Waals surface area contributed by atoms with Crippen LogP contribution < -0.4 is 10.6 Å². The summed E-state index contributed by atoms with van der Waals surface area (Å²) in [5.41, 5.74) is 1.15. The van der Waals surface area contributed by atoms with Crippen molar-refractivity contribution in [1.82, 2.24) is 9.88 Å². The maximum Gasteiger partial charge on any atom is 0.321 e. The van der Waals surface area contributed by atoms with E-state index >= 15 is 0 Å². The molecule has 28 heavy (non-hydrogen) atoms. The van der Waals surface area contributed by atoms with Gasteiger partial charge in [-0.2, -0.15) is 0 Å². The molecule has 2 N–H and O–H groups in total. The summed E-state index contributed by atoms with van der Waals surface area (Å²) in [6, 6.07) is 12.9. The summed E-state index contributed by atoms with van der Waals surface area (Å²) in [6.07, 6.45) is 5.85. The Morgan fingerprint density at radius 3 is 2.46 bits per heavy atom. The number of urea groups is 1. The van der Waals surface area contributed by atoms with Gasteiger partial charge in [0.1, 0.15) is 6.10 Å². The van der Waals surface area contributed by atoms with E-state index in [0.29, 0.717) is 25.2 Å². The predicted molar refractivity (Wildman–Crippen MR) is 106 cm³/mol. The summed E-state index contributed by atoms with van der Waals surface area (Å²) in [5.74, 6) is -0.130. The molecule has 1 aromatic heterocycles. The van der Waals surface area contributed by atoms with Crippen molar-refractivity contribution < 1.29 is 14.3 Å². The van der Waals surface area contributed by atoms with Gasteiger partial charge in [0, 0.05) is 25.0 Å². The van der Waals surface area contributed by atoms with E-state index in [2.05, 4.69) is 15.6 Å². The summed E-state index contributed by atoms with van der Waals surface area (Å²) in [7, 11) is 0. The van der Waals surface area contributed by atoms with E-state index in [9.17, 15) is 9.59 Å². The van der Waals surface area contributed by atoms with Gasteiger partial charge < -0.3 is 20.3 Å². The number of ether oxygens (including phenoxy) is 1. The van der Waals surface area contributed by atoms with Crippen molar-refractivity contribution in [3.8, 4) is 0 Å². The lowest BCUT2D eigenvalue weighted by Gasteiger charge is -2.39. The van der Waals surface area contributed by atoms with Gasteiger partial charge in [0.2, 0.25) is 0 Å². The van der Waals surface area contributed by atoms with Crippen LogP contribution in [0, 0.1) is 0 Å². The fraction of sp³-hybridized carbons (Fsp3) is 0.381. The third-order valence-electron chi connectivity index (χ3n) is 5.46. The second-order valence-corrected chi connectivity index (χ2v) is 7.34. The van der Waals surface area contributed by atoms with Gasteiger partial charge in [0.15, 0.2) is 0 Å². The number of nitrogens with zero attached hydrogens (tertiary/aromatic N) is 2. The number of aromatic nitrogens is 1. The summed E-state index contributed by atoms with van der Waals surface area (Å²) in [4.78, 5) is 30.7. The molecule has 3 heterocycles. The van der Waals surface area contributed by atoms with Gasteiger partial charge in [-0.3, -0.25) is 9.78 Å². The van der Waals surface area contributed by atoms with Crippen LogP contribution in [0.25, 0.3) is 0 Å². The van der Waals surface area contributed by atoms with Crippen molar-refractivity contribution in [2.45, 2.75) is 37.4 Å². The molecule has 7 heteroatoms. The van der Waals surface area contributed by atoms with Gasteiger partial charge in [-0.05, 0) is 49.9 Å². The number of likely N-dealkylation sites (tertiary alicyclic amines) is 1. The molecule has 0 aliphatic carbocycles. The number of pyridine rings is 1. The van der Waals surface area contributed by atoms with Gasteiger partial charge in [-0.25, -0.2) is 4.79 Å². The number of carbonyl (C=O) groups is 2. The monoisotopic (exact) mass is 380 g/mol. The van der Waals surface area contributed by atoms with Crippen LogP contribution in [0.5, 0.6) is 0 Å². The molecular formula is C21H24N4O3. The molecule has 0 saturated carbocycles. The Hall–Kier alpha value is -2.93. The maximum absolute atomic E-state index is 12.5. The molecule has 146 valence electrons. The number of carbonyl (C=O) groups excluding carboxylic acids is 2. The highest BCUT2D eigenvalue weighted by molar-refractivity contribution is 5.94. The van der Waals surface area contributed by atoms with E-state index in [-0.39, 0.29) is 17.5 Å². The number of para-hydroxylation sites is 1. The maximum atomic E-state index is 12.5. The highest BCUT2D eigenvalue weighted by Gasteiger charge is 2.45. The van der Waals surface area contributed by atoms with Crippen LogP contribution in [-0.4, -0.2) is 46.6 Å². The molecule has 4 rings (SSSR count). The molecule has 0 radical (unpaired) electrons. The lowest BCUT2D eigenvalue weighted by Crippen LogP contribution is -2.48. The van der Waals surface area contributed by atoms with E-state index in [0.717, 1.165) is 24.9 Å². The molecule has 1 atom stereocenters. The first kappa shape index (κ1) is 18.4. The molecule has 3 amide bonds. The van der Waals surface area contributed by atoms with Crippen LogP contribution >= 0.6 is 0 Å². The van der Waals surface area contributed by atoms with E-state index in [1.54, 1.807) is 24.5 Å². The highest BCUT2D eigenvalue weighted by atomic mass is 16.5. The summed E-state index contributed by atoms with van der Waals surface area (Å²) in [6.45, 7) is 1.24. The number of rotatable bonds is 3. The van der Waals surface area contributed by atoms with Crippen LogP contribution in [0.3, 0.4) is 0 Å². The van der Waals surface area contributed by atoms with Crippen molar-refractivity contribution in [2.24, 2.45) is 0 Å².